The third-order valence-electron chi connectivity index (χ3n) is 2.90. The summed E-state index contributed by atoms with van der Waals surface area (Å²) in [6.07, 6.45) is 2.60. The summed E-state index contributed by atoms with van der Waals surface area (Å²) in [4.78, 5) is 0. The van der Waals surface area contributed by atoms with Gasteiger partial charge in [0.15, 0.2) is 0 Å². The normalized spacial score (nSPS) is 29.0. The van der Waals surface area contributed by atoms with Gasteiger partial charge in [0.25, 0.3) is 0 Å². The molecule has 0 spiro atoms. The van der Waals surface area contributed by atoms with Gasteiger partial charge >= 0.3 is 0 Å². The van der Waals surface area contributed by atoms with Crippen molar-refractivity contribution in [1.29, 1.82) is 0 Å². The molecule has 0 saturated carbocycles. The lowest BCUT2D eigenvalue weighted by molar-refractivity contribution is -0.0722. The van der Waals surface area contributed by atoms with Gasteiger partial charge in [-0.05, 0) is 48.0 Å². The van der Waals surface area contributed by atoms with Gasteiger partial charge < -0.3 is 15.2 Å². The first-order valence-electron chi connectivity index (χ1n) is 5.91. The molecule has 0 amide bonds. The van der Waals surface area contributed by atoms with Crippen molar-refractivity contribution in [2.45, 2.75) is 45.0 Å². The monoisotopic (exact) mass is 299 g/mol. The average molecular weight is 300 g/mol. The standard InChI is InChI=1S/C13H18BrNO2/c1-8-5-11(6-9(2)16-8)17-13-4-3-10(15)7-12(13)14/h3-4,7-9,11H,5-6,15H2,1-2H3. The van der Waals surface area contributed by atoms with Crippen LogP contribution in [0.1, 0.15) is 26.7 Å². The SMILES string of the molecule is CC1CC(Oc2ccc(N)cc2Br)CC(C)O1. The molecule has 2 atom stereocenters. The lowest BCUT2D eigenvalue weighted by Crippen LogP contribution is -2.35. The Morgan fingerprint density at radius 2 is 1.94 bits per heavy atom. The van der Waals surface area contributed by atoms with Crippen LogP contribution in [0, 0.1) is 0 Å². The fourth-order valence-corrected chi connectivity index (χ4v) is 2.72. The van der Waals surface area contributed by atoms with Crippen LogP contribution >= 0.6 is 15.9 Å². The van der Waals surface area contributed by atoms with Crippen molar-refractivity contribution in [3.63, 3.8) is 0 Å². The van der Waals surface area contributed by atoms with Crippen molar-refractivity contribution in [2.24, 2.45) is 0 Å². The molecule has 1 fully saturated rings. The molecular formula is C13H18BrNO2. The quantitative estimate of drug-likeness (QED) is 0.852. The Labute approximate surface area is 110 Å². The van der Waals surface area contributed by atoms with Crippen molar-refractivity contribution in [2.75, 3.05) is 5.73 Å². The minimum Gasteiger partial charge on any atom is -0.489 e. The van der Waals surface area contributed by atoms with Crippen molar-refractivity contribution >= 4 is 21.6 Å². The van der Waals surface area contributed by atoms with Gasteiger partial charge in [-0.1, -0.05) is 0 Å². The summed E-state index contributed by atoms with van der Waals surface area (Å²) in [6.45, 7) is 4.17. The Morgan fingerprint density at radius 3 is 2.53 bits per heavy atom. The molecule has 1 aromatic carbocycles. The molecule has 0 aliphatic carbocycles. The summed E-state index contributed by atoms with van der Waals surface area (Å²) in [5.41, 5.74) is 6.43. The van der Waals surface area contributed by atoms with Gasteiger partial charge in [0.1, 0.15) is 11.9 Å². The van der Waals surface area contributed by atoms with E-state index in [-0.39, 0.29) is 18.3 Å². The number of nitrogens with two attached hydrogens (primary N) is 1. The Hall–Kier alpha value is -0.740. The Morgan fingerprint density at radius 1 is 1.29 bits per heavy atom. The molecule has 94 valence electrons. The largest absolute Gasteiger partial charge is 0.489 e. The molecule has 4 heteroatoms. The highest BCUT2D eigenvalue weighted by molar-refractivity contribution is 9.10. The molecule has 1 aromatic rings. The average Bonchev–Trinajstić information content (AvgIpc) is 2.21. The van der Waals surface area contributed by atoms with Gasteiger partial charge in [-0.15, -0.1) is 0 Å². The fraction of sp³-hybridized carbons (Fsp3) is 0.538. The first kappa shape index (κ1) is 12.7. The second-order valence-electron chi connectivity index (χ2n) is 4.66. The van der Waals surface area contributed by atoms with E-state index in [0.29, 0.717) is 0 Å². The first-order chi connectivity index (χ1) is 8.04. The van der Waals surface area contributed by atoms with Crippen LogP contribution in [0.2, 0.25) is 0 Å². The number of hydrogen-bond acceptors (Lipinski definition) is 3. The van der Waals surface area contributed by atoms with E-state index in [1.54, 1.807) is 0 Å². The maximum absolute atomic E-state index is 6.00. The van der Waals surface area contributed by atoms with E-state index < -0.39 is 0 Å². The number of anilines is 1. The molecule has 1 saturated heterocycles. The predicted molar refractivity (Wildman–Crippen MR) is 72.2 cm³/mol. The number of nitrogen functional groups attached to an aromatic ring is 1. The first-order valence-corrected chi connectivity index (χ1v) is 6.71. The van der Waals surface area contributed by atoms with E-state index in [1.165, 1.54) is 0 Å². The zero-order valence-electron chi connectivity index (χ0n) is 10.2. The Kier molecular flexibility index (Phi) is 3.94. The van der Waals surface area contributed by atoms with Gasteiger partial charge in [-0.2, -0.15) is 0 Å². The van der Waals surface area contributed by atoms with Crippen molar-refractivity contribution < 1.29 is 9.47 Å². The zero-order chi connectivity index (χ0) is 12.4. The minimum atomic E-state index is 0.216. The summed E-state index contributed by atoms with van der Waals surface area (Å²) >= 11 is 3.47. The third kappa shape index (κ3) is 3.36. The van der Waals surface area contributed by atoms with Crippen LogP contribution in [0.15, 0.2) is 22.7 Å². The minimum absolute atomic E-state index is 0.216. The zero-order valence-corrected chi connectivity index (χ0v) is 11.7. The molecule has 17 heavy (non-hydrogen) atoms. The van der Waals surface area contributed by atoms with Gasteiger partial charge in [0.05, 0.1) is 16.7 Å². The molecule has 1 heterocycles. The molecule has 0 aromatic heterocycles. The number of halogens is 1. The van der Waals surface area contributed by atoms with Crippen LogP contribution in [0.4, 0.5) is 5.69 Å². The lowest BCUT2D eigenvalue weighted by Gasteiger charge is -2.32. The highest BCUT2D eigenvalue weighted by Crippen LogP contribution is 2.31. The van der Waals surface area contributed by atoms with Gasteiger partial charge in [0.2, 0.25) is 0 Å². The van der Waals surface area contributed by atoms with Gasteiger partial charge in [0, 0.05) is 18.5 Å². The van der Waals surface area contributed by atoms with Gasteiger partial charge in [-0.25, -0.2) is 0 Å². The van der Waals surface area contributed by atoms with Crippen LogP contribution in [-0.2, 0) is 4.74 Å². The number of rotatable bonds is 2. The fourth-order valence-electron chi connectivity index (χ4n) is 2.23. The molecule has 0 bridgehead atoms. The molecule has 2 unspecified atom stereocenters. The molecule has 3 nitrogen and oxygen atoms in total. The van der Waals surface area contributed by atoms with E-state index >= 15 is 0 Å². The van der Waals surface area contributed by atoms with Crippen LogP contribution in [0.5, 0.6) is 5.75 Å². The maximum Gasteiger partial charge on any atom is 0.134 e. The summed E-state index contributed by atoms with van der Waals surface area (Å²) in [5.74, 6) is 0.852. The summed E-state index contributed by atoms with van der Waals surface area (Å²) in [5, 5.41) is 0. The molecule has 2 N–H and O–H groups in total. The van der Waals surface area contributed by atoms with E-state index in [2.05, 4.69) is 29.8 Å². The van der Waals surface area contributed by atoms with Crippen LogP contribution in [0.25, 0.3) is 0 Å². The highest BCUT2D eigenvalue weighted by Gasteiger charge is 2.26. The molecule has 0 radical (unpaired) electrons. The molecule has 1 aliphatic rings. The summed E-state index contributed by atoms with van der Waals surface area (Å²) < 4.78 is 12.6. The number of benzene rings is 1. The topological polar surface area (TPSA) is 44.5 Å². The van der Waals surface area contributed by atoms with Crippen LogP contribution in [-0.4, -0.2) is 18.3 Å². The van der Waals surface area contributed by atoms with Crippen LogP contribution in [0.3, 0.4) is 0 Å². The Bertz CT molecular complexity index is 387. The smallest absolute Gasteiger partial charge is 0.134 e. The molecule has 1 aliphatic heterocycles. The maximum atomic E-state index is 6.00. The van der Waals surface area contributed by atoms with Crippen molar-refractivity contribution in [3.05, 3.63) is 22.7 Å². The molecular weight excluding hydrogens is 282 g/mol. The number of ether oxygens (including phenoxy) is 2. The number of hydrogen-bond donors (Lipinski definition) is 1. The Balaban J connectivity index is 2.04. The second kappa shape index (κ2) is 5.27. The van der Waals surface area contributed by atoms with Crippen molar-refractivity contribution in [1.82, 2.24) is 0 Å². The highest BCUT2D eigenvalue weighted by atomic mass is 79.9. The van der Waals surface area contributed by atoms with Crippen molar-refractivity contribution in [3.8, 4) is 5.75 Å². The van der Waals surface area contributed by atoms with E-state index in [9.17, 15) is 0 Å². The summed E-state index contributed by atoms with van der Waals surface area (Å²) in [7, 11) is 0. The van der Waals surface area contributed by atoms with E-state index in [1.807, 2.05) is 18.2 Å². The van der Waals surface area contributed by atoms with E-state index in [0.717, 1.165) is 28.8 Å². The van der Waals surface area contributed by atoms with Crippen LogP contribution < -0.4 is 10.5 Å². The second-order valence-corrected chi connectivity index (χ2v) is 5.51. The summed E-state index contributed by atoms with van der Waals surface area (Å²) in [6, 6.07) is 5.62. The third-order valence-corrected chi connectivity index (χ3v) is 3.52. The van der Waals surface area contributed by atoms with Gasteiger partial charge in [-0.3, -0.25) is 0 Å². The molecule has 2 rings (SSSR count). The lowest BCUT2D eigenvalue weighted by atomic mass is 10.0. The van der Waals surface area contributed by atoms with E-state index in [4.69, 9.17) is 15.2 Å². The predicted octanol–water partition coefficient (Wildman–Crippen LogP) is 3.37.